The summed E-state index contributed by atoms with van der Waals surface area (Å²) in [5.41, 5.74) is 1.79. The average molecular weight is 361 g/mol. The summed E-state index contributed by atoms with van der Waals surface area (Å²) in [6.45, 7) is 11.4. The molecule has 0 bridgehead atoms. The predicted octanol–water partition coefficient (Wildman–Crippen LogP) is 1.55. The van der Waals surface area contributed by atoms with Gasteiger partial charge in [0, 0.05) is 25.2 Å². The molecule has 2 amide bonds. The van der Waals surface area contributed by atoms with Crippen molar-refractivity contribution in [2.75, 3.05) is 45.9 Å². The number of carbonyl (C=O) groups is 2. The van der Waals surface area contributed by atoms with E-state index in [2.05, 4.69) is 36.3 Å². The summed E-state index contributed by atoms with van der Waals surface area (Å²) < 4.78 is 5.31. The number of hydrogen-bond donors (Lipinski definition) is 2. The highest BCUT2D eigenvalue weighted by Gasteiger charge is 2.14. The van der Waals surface area contributed by atoms with Gasteiger partial charge in [0.25, 0.3) is 5.91 Å². The van der Waals surface area contributed by atoms with E-state index in [1.807, 2.05) is 12.1 Å². The number of hydrogen-bond acceptors (Lipinski definition) is 4. The fourth-order valence-corrected chi connectivity index (χ4v) is 2.80. The van der Waals surface area contributed by atoms with Gasteiger partial charge in [-0.2, -0.15) is 0 Å². The van der Waals surface area contributed by atoms with Crippen LogP contribution in [0.3, 0.4) is 0 Å². The lowest BCUT2D eigenvalue weighted by Gasteiger charge is -2.26. The first kappa shape index (κ1) is 20.4. The molecule has 0 atom stereocenters. The van der Waals surface area contributed by atoms with Crippen molar-refractivity contribution in [3.63, 3.8) is 0 Å². The van der Waals surface area contributed by atoms with Crippen LogP contribution in [0.1, 0.15) is 43.1 Å². The topological polar surface area (TPSA) is 70.7 Å². The molecule has 6 heteroatoms. The number of rotatable bonds is 7. The van der Waals surface area contributed by atoms with Crippen molar-refractivity contribution < 1.29 is 14.3 Å². The zero-order chi connectivity index (χ0) is 19.0. The third-order valence-corrected chi connectivity index (χ3v) is 4.50. The smallest absolute Gasteiger partial charge is 0.251 e. The summed E-state index contributed by atoms with van der Waals surface area (Å²) >= 11 is 0. The van der Waals surface area contributed by atoms with Crippen LogP contribution in [0.4, 0.5) is 0 Å². The molecule has 1 aliphatic heterocycles. The highest BCUT2D eigenvalue weighted by molar-refractivity contribution is 5.96. The van der Waals surface area contributed by atoms with Gasteiger partial charge in [-0.05, 0) is 36.1 Å². The number of benzene rings is 1. The zero-order valence-corrected chi connectivity index (χ0v) is 16.1. The third-order valence-electron chi connectivity index (χ3n) is 4.50. The Morgan fingerprint density at radius 1 is 1.08 bits per heavy atom. The molecule has 0 aliphatic carbocycles. The molecule has 1 aromatic carbocycles. The molecule has 2 N–H and O–H groups in total. The molecule has 6 nitrogen and oxygen atoms in total. The van der Waals surface area contributed by atoms with Crippen LogP contribution in [0.25, 0.3) is 0 Å². The van der Waals surface area contributed by atoms with Crippen LogP contribution in [0.15, 0.2) is 24.3 Å². The van der Waals surface area contributed by atoms with Crippen molar-refractivity contribution in [1.82, 2.24) is 15.5 Å². The van der Waals surface area contributed by atoms with Gasteiger partial charge in [0.15, 0.2) is 0 Å². The van der Waals surface area contributed by atoms with Gasteiger partial charge in [-0.1, -0.05) is 32.9 Å². The number of nitrogens with one attached hydrogen (secondary N) is 2. The molecule has 1 saturated heterocycles. The Labute approximate surface area is 156 Å². The van der Waals surface area contributed by atoms with Gasteiger partial charge in [0.1, 0.15) is 0 Å². The lowest BCUT2D eigenvalue weighted by atomic mass is 9.87. The second-order valence-corrected chi connectivity index (χ2v) is 7.67. The normalized spacial score (nSPS) is 15.5. The number of nitrogens with zero attached hydrogens (tertiary/aromatic N) is 1. The van der Waals surface area contributed by atoms with Crippen LogP contribution in [-0.2, 0) is 14.9 Å². The van der Waals surface area contributed by atoms with Crippen molar-refractivity contribution in [2.24, 2.45) is 0 Å². The predicted molar refractivity (Wildman–Crippen MR) is 102 cm³/mol. The monoisotopic (exact) mass is 361 g/mol. The van der Waals surface area contributed by atoms with E-state index >= 15 is 0 Å². The molecule has 0 radical (unpaired) electrons. The summed E-state index contributed by atoms with van der Waals surface area (Å²) in [4.78, 5) is 26.3. The minimum atomic E-state index is -0.228. The van der Waals surface area contributed by atoms with Crippen molar-refractivity contribution in [2.45, 2.75) is 32.6 Å². The fraction of sp³-hybridized carbons (Fsp3) is 0.600. The van der Waals surface area contributed by atoms with Gasteiger partial charge < -0.3 is 15.4 Å². The van der Waals surface area contributed by atoms with E-state index in [1.165, 1.54) is 5.56 Å². The van der Waals surface area contributed by atoms with Gasteiger partial charge in [0.2, 0.25) is 5.91 Å². The van der Waals surface area contributed by atoms with Crippen molar-refractivity contribution in [1.29, 1.82) is 0 Å². The molecule has 0 saturated carbocycles. The third kappa shape index (κ3) is 6.77. The first-order valence-electron chi connectivity index (χ1n) is 9.32. The summed E-state index contributed by atoms with van der Waals surface area (Å²) in [5.74, 6) is -0.388. The molecule has 144 valence electrons. The van der Waals surface area contributed by atoms with E-state index in [0.717, 1.165) is 39.3 Å². The number of ether oxygens (including phenoxy) is 1. The van der Waals surface area contributed by atoms with Gasteiger partial charge in [-0.3, -0.25) is 14.5 Å². The van der Waals surface area contributed by atoms with Crippen molar-refractivity contribution >= 4 is 11.8 Å². The largest absolute Gasteiger partial charge is 0.379 e. The molecular weight excluding hydrogens is 330 g/mol. The Bertz CT molecular complexity index is 587. The van der Waals surface area contributed by atoms with Crippen molar-refractivity contribution in [3.05, 3.63) is 35.4 Å². The first-order chi connectivity index (χ1) is 12.4. The molecule has 0 spiro atoms. The van der Waals surface area contributed by atoms with Crippen LogP contribution < -0.4 is 10.6 Å². The lowest BCUT2D eigenvalue weighted by molar-refractivity contribution is -0.120. The van der Waals surface area contributed by atoms with E-state index in [9.17, 15) is 9.59 Å². The highest BCUT2D eigenvalue weighted by Crippen LogP contribution is 2.22. The summed E-state index contributed by atoms with van der Waals surface area (Å²) in [6.07, 6.45) is 0.897. The van der Waals surface area contributed by atoms with E-state index < -0.39 is 0 Å². The average Bonchev–Trinajstić information content (AvgIpc) is 2.63. The van der Waals surface area contributed by atoms with Gasteiger partial charge >= 0.3 is 0 Å². The van der Waals surface area contributed by atoms with E-state index in [1.54, 1.807) is 12.1 Å². The Balaban J connectivity index is 1.64. The molecular formula is C20H31N3O3. The molecule has 26 heavy (non-hydrogen) atoms. The summed E-state index contributed by atoms with van der Waals surface area (Å²) in [7, 11) is 0. The highest BCUT2D eigenvalue weighted by atomic mass is 16.5. The number of morpholine rings is 1. The van der Waals surface area contributed by atoms with Gasteiger partial charge in [0.05, 0.1) is 19.8 Å². The minimum Gasteiger partial charge on any atom is -0.379 e. The number of carbonyl (C=O) groups excluding carboxylic acids is 2. The van der Waals surface area contributed by atoms with Gasteiger partial charge in [-0.25, -0.2) is 0 Å². The lowest BCUT2D eigenvalue weighted by Crippen LogP contribution is -2.40. The number of amides is 2. The molecule has 1 heterocycles. The summed E-state index contributed by atoms with van der Waals surface area (Å²) in [5, 5.41) is 5.52. The minimum absolute atomic E-state index is 0.00257. The Morgan fingerprint density at radius 3 is 2.35 bits per heavy atom. The maximum absolute atomic E-state index is 12.1. The van der Waals surface area contributed by atoms with Crippen molar-refractivity contribution in [3.8, 4) is 0 Å². The first-order valence-corrected chi connectivity index (χ1v) is 9.32. The SMILES string of the molecule is CC(C)(C)c1ccc(C(=O)NCC(=O)NCCCN2CCOCC2)cc1. The van der Waals surface area contributed by atoms with Crippen LogP contribution in [-0.4, -0.2) is 62.7 Å². The zero-order valence-electron chi connectivity index (χ0n) is 16.1. The molecule has 1 fully saturated rings. The fourth-order valence-electron chi connectivity index (χ4n) is 2.80. The van der Waals surface area contributed by atoms with Crippen LogP contribution in [0, 0.1) is 0 Å². The Morgan fingerprint density at radius 2 is 1.73 bits per heavy atom. The molecule has 0 unspecified atom stereocenters. The van der Waals surface area contributed by atoms with E-state index in [4.69, 9.17) is 4.74 Å². The van der Waals surface area contributed by atoms with Crippen LogP contribution in [0.2, 0.25) is 0 Å². The molecule has 1 aromatic rings. The van der Waals surface area contributed by atoms with E-state index in [0.29, 0.717) is 12.1 Å². The quantitative estimate of drug-likeness (QED) is 0.723. The standard InChI is InChI=1S/C20H31N3O3/c1-20(2,3)17-7-5-16(6-8-17)19(25)22-15-18(24)21-9-4-10-23-11-13-26-14-12-23/h5-8H,4,9-15H2,1-3H3,(H,21,24)(H,22,25). The second kappa shape index (κ2) is 9.69. The molecule has 0 aromatic heterocycles. The van der Waals surface area contributed by atoms with Gasteiger partial charge in [-0.15, -0.1) is 0 Å². The Hall–Kier alpha value is -1.92. The maximum Gasteiger partial charge on any atom is 0.251 e. The molecule has 2 rings (SSSR count). The Kier molecular flexibility index (Phi) is 7.60. The van der Waals surface area contributed by atoms with E-state index in [-0.39, 0.29) is 23.8 Å². The summed E-state index contributed by atoms with van der Waals surface area (Å²) in [6, 6.07) is 7.52. The van der Waals surface area contributed by atoms with Crippen LogP contribution >= 0.6 is 0 Å². The van der Waals surface area contributed by atoms with Crippen LogP contribution in [0.5, 0.6) is 0 Å². The second-order valence-electron chi connectivity index (χ2n) is 7.67. The maximum atomic E-state index is 12.1. The molecule has 1 aliphatic rings.